The number of carboxylic acids is 1. The Morgan fingerprint density at radius 2 is 1.94 bits per heavy atom. The van der Waals surface area contributed by atoms with E-state index in [4.69, 9.17) is 15.0 Å². The fraction of sp³-hybridized carbons (Fsp3) is 0.889. The van der Waals surface area contributed by atoms with Crippen molar-refractivity contribution >= 4 is 16.1 Å². The normalized spacial score (nSPS) is 14.8. The van der Waals surface area contributed by atoms with Crippen LogP contribution < -0.4 is 5.73 Å². The predicted octanol–water partition coefficient (Wildman–Crippen LogP) is 0.181. The van der Waals surface area contributed by atoms with Crippen LogP contribution in [0.15, 0.2) is 0 Å². The Bertz CT molecular complexity index is 330. The molecule has 0 aromatic rings. The lowest BCUT2D eigenvalue weighted by molar-refractivity contribution is -0.138. The zero-order chi connectivity index (χ0) is 13.0. The van der Waals surface area contributed by atoms with E-state index < -0.39 is 22.1 Å². The van der Waals surface area contributed by atoms with Gasteiger partial charge in [-0.05, 0) is 11.8 Å². The van der Waals surface area contributed by atoms with Crippen molar-refractivity contribution in [2.24, 2.45) is 11.1 Å². The van der Waals surface area contributed by atoms with E-state index in [2.05, 4.69) is 0 Å². The van der Waals surface area contributed by atoms with Crippen LogP contribution in [0.3, 0.4) is 0 Å². The van der Waals surface area contributed by atoms with Gasteiger partial charge in [0.2, 0.25) is 0 Å². The van der Waals surface area contributed by atoms with Gasteiger partial charge >= 0.3 is 5.97 Å². The highest BCUT2D eigenvalue weighted by Gasteiger charge is 2.20. The third kappa shape index (κ3) is 7.61. The molecular formula is C9H19NO5S. The van der Waals surface area contributed by atoms with Gasteiger partial charge in [-0.3, -0.25) is 8.98 Å². The van der Waals surface area contributed by atoms with E-state index in [1.54, 1.807) is 0 Å². The van der Waals surface area contributed by atoms with E-state index in [-0.39, 0.29) is 24.2 Å². The third-order valence-corrected chi connectivity index (χ3v) is 2.88. The Hall–Kier alpha value is -0.660. The smallest absolute Gasteiger partial charge is 0.320 e. The molecule has 0 aliphatic rings. The first-order valence-corrected chi connectivity index (χ1v) is 6.47. The van der Waals surface area contributed by atoms with Crippen LogP contribution >= 0.6 is 0 Å². The van der Waals surface area contributed by atoms with Gasteiger partial charge in [0.1, 0.15) is 6.04 Å². The second-order valence-electron chi connectivity index (χ2n) is 4.82. The standard InChI is InChI=1S/C9H19NO5S/c1-9(2,3)6-15-16(13,14)5-4-7(10)8(11)12/h7H,4-6,10H2,1-3H3,(H,11,12). The molecule has 0 aliphatic carbocycles. The van der Waals surface area contributed by atoms with Crippen molar-refractivity contribution in [2.75, 3.05) is 12.4 Å². The molecule has 6 nitrogen and oxygen atoms in total. The van der Waals surface area contributed by atoms with Crippen LogP contribution in [-0.4, -0.2) is 37.9 Å². The van der Waals surface area contributed by atoms with Gasteiger partial charge < -0.3 is 10.8 Å². The summed E-state index contributed by atoms with van der Waals surface area (Å²) in [4.78, 5) is 10.4. The molecule has 0 fully saturated rings. The fourth-order valence-corrected chi connectivity index (χ4v) is 1.91. The Morgan fingerprint density at radius 3 is 2.31 bits per heavy atom. The summed E-state index contributed by atoms with van der Waals surface area (Å²) in [6.45, 7) is 5.58. The summed E-state index contributed by atoms with van der Waals surface area (Å²) in [5.41, 5.74) is 4.92. The van der Waals surface area contributed by atoms with Gasteiger partial charge in [0.25, 0.3) is 10.1 Å². The lowest BCUT2D eigenvalue weighted by Gasteiger charge is -2.17. The largest absolute Gasteiger partial charge is 0.480 e. The summed E-state index contributed by atoms with van der Waals surface area (Å²) < 4.78 is 27.4. The van der Waals surface area contributed by atoms with Crippen molar-refractivity contribution in [3.8, 4) is 0 Å². The van der Waals surface area contributed by atoms with Crippen LogP contribution in [-0.2, 0) is 19.1 Å². The molecule has 0 saturated heterocycles. The molecule has 3 N–H and O–H groups in total. The average Bonchev–Trinajstić information content (AvgIpc) is 2.10. The van der Waals surface area contributed by atoms with Crippen molar-refractivity contribution in [1.82, 2.24) is 0 Å². The van der Waals surface area contributed by atoms with E-state index in [0.717, 1.165) is 0 Å². The number of hydrogen-bond acceptors (Lipinski definition) is 5. The Balaban J connectivity index is 4.12. The summed E-state index contributed by atoms with van der Waals surface area (Å²) in [7, 11) is -3.69. The second kappa shape index (κ2) is 5.60. The molecule has 0 aromatic carbocycles. The minimum absolute atomic E-state index is 0.0671. The van der Waals surface area contributed by atoms with Crippen molar-refractivity contribution in [2.45, 2.75) is 33.2 Å². The maximum atomic E-state index is 11.3. The van der Waals surface area contributed by atoms with Crippen LogP contribution in [0.4, 0.5) is 0 Å². The number of carboxylic acid groups (broad SMARTS) is 1. The molecule has 1 atom stereocenters. The summed E-state index contributed by atoms with van der Waals surface area (Å²) in [6, 6.07) is -1.17. The van der Waals surface area contributed by atoms with Gasteiger partial charge in [-0.2, -0.15) is 8.42 Å². The van der Waals surface area contributed by atoms with Crippen molar-refractivity contribution in [1.29, 1.82) is 0 Å². The molecule has 0 aromatic heterocycles. The van der Waals surface area contributed by atoms with Gasteiger partial charge in [0, 0.05) is 0 Å². The minimum atomic E-state index is -3.69. The Morgan fingerprint density at radius 1 is 1.44 bits per heavy atom. The number of rotatable bonds is 6. The van der Waals surface area contributed by atoms with Gasteiger partial charge in [0.15, 0.2) is 0 Å². The van der Waals surface area contributed by atoms with E-state index in [1.165, 1.54) is 0 Å². The molecule has 96 valence electrons. The molecule has 0 amide bonds. The highest BCUT2D eigenvalue weighted by molar-refractivity contribution is 7.86. The average molecular weight is 253 g/mol. The van der Waals surface area contributed by atoms with Crippen LogP contribution in [0.2, 0.25) is 0 Å². The van der Waals surface area contributed by atoms with Crippen LogP contribution in [0.1, 0.15) is 27.2 Å². The van der Waals surface area contributed by atoms with Crippen LogP contribution in [0, 0.1) is 5.41 Å². The lowest BCUT2D eigenvalue weighted by atomic mass is 9.99. The predicted molar refractivity (Wildman–Crippen MR) is 59.4 cm³/mol. The summed E-state index contributed by atoms with van der Waals surface area (Å²) in [6.07, 6.45) is -0.151. The topological polar surface area (TPSA) is 107 Å². The number of nitrogens with two attached hydrogens (primary N) is 1. The second-order valence-corrected chi connectivity index (χ2v) is 6.58. The zero-order valence-electron chi connectivity index (χ0n) is 9.76. The number of hydrogen-bond donors (Lipinski definition) is 2. The molecule has 0 spiro atoms. The molecule has 1 unspecified atom stereocenters. The Kier molecular flexibility index (Phi) is 5.37. The minimum Gasteiger partial charge on any atom is -0.480 e. The molecule has 0 heterocycles. The van der Waals surface area contributed by atoms with Gasteiger partial charge in [-0.15, -0.1) is 0 Å². The summed E-state index contributed by atoms with van der Waals surface area (Å²) >= 11 is 0. The zero-order valence-corrected chi connectivity index (χ0v) is 10.6. The molecule has 0 rings (SSSR count). The molecule has 0 saturated carbocycles. The van der Waals surface area contributed by atoms with Gasteiger partial charge in [0.05, 0.1) is 12.4 Å². The van der Waals surface area contributed by atoms with Crippen molar-refractivity contribution in [3.05, 3.63) is 0 Å². The monoisotopic (exact) mass is 253 g/mol. The molecule has 16 heavy (non-hydrogen) atoms. The maximum Gasteiger partial charge on any atom is 0.320 e. The van der Waals surface area contributed by atoms with Crippen molar-refractivity contribution in [3.63, 3.8) is 0 Å². The quantitative estimate of drug-likeness (QED) is 0.654. The van der Waals surface area contributed by atoms with E-state index in [0.29, 0.717) is 0 Å². The Labute approximate surface area is 95.9 Å². The van der Waals surface area contributed by atoms with E-state index >= 15 is 0 Å². The van der Waals surface area contributed by atoms with E-state index in [9.17, 15) is 13.2 Å². The highest BCUT2D eigenvalue weighted by Crippen LogP contribution is 2.15. The van der Waals surface area contributed by atoms with Gasteiger partial charge in [-0.25, -0.2) is 0 Å². The SMILES string of the molecule is CC(C)(C)COS(=O)(=O)CCC(N)C(=O)O. The molecule has 0 bridgehead atoms. The first-order valence-electron chi connectivity index (χ1n) is 4.89. The van der Waals surface area contributed by atoms with Crippen molar-refractivity contribution < 1.29 is 22.5 Å². The molecule has 7 heteroatoms. The van der Waals surface area contributed by atoms with Crippen LogP contribution in [0.5, 0.6) is 0 Å². The first kappa shape index (κ1) is 15.3. The van der Waals surface area contributed by atoms with E-state index in [1.807, 2.05) is 20.8 Å². The van der Waals surface area contributed by atoms with Crippen LogP contribution in [0.25, 0.3) is 0 Å². The summed E-state index contributed by atoms with van der Waals surface area (Å²) in [5.74, 6) is -1.60. The fourth-order valence-electron chi connectivity index (χ4n) is 0.720. The summed E-state index contributed by atoms with van der Waals surface area (Å²) in [5, 5.41) is 8.48. The lowest BCUT2D eigenvalue weighted by Crippen LogP contribution is -2.32. The van der Waals surface area contributed by atoms with Gasteiger partial charge in [-0.1, -0.05) is 20.8 Å². The maximum absolute atomic E-state index is 11.3. The molecule has 0 radical (unpaired) electrons. The highest BCUT2D eigenvalue weighted by atomic mass is 32.2. The molecular weight excluding hydrogens is 234 g/mol. The number of aliphatic carboxylic acids is 1. The number of carbonyl (C=O) groups is 1. The third-order valence-electron chi connectivity index (χ3n) is 1.67. The first-order chi connectivity index (χ1) is 7.03. The molecule has 0 aliphatic heterocycles.